The van der Waals surface area contributed by atoms with Crippen LogP contribution in [0.15, 0.2) is 0 Å². The van der Waals surface area contributed by atoms with E-state index >= 15 is 0 Å². The Labute approximate surface area is 87.3 Å². The third-order valence-electron chi connectivity index (χ3n) is 1.71. The van der Waals surface area contributed by atoms with E-state index in [1.807, 2.05) is 0 Å². The Hall–Kier alpha value is -0.240. The highest BCUT2D eigenvalue weighted by atomic mass is 17.3. The summed E-state index contributed by atoms with van der Waals surface area (Å²) in [6, 6.07) is 0. The van der Waals surface area contributed by atoms with E-state index in [0.29, 0.717) is 0 Å². The fourth-order valence-corrected chi connectivity index (χ4v) is 0.383. The van der Waals surface area contributed by atoms with Gasteiger partial charge in [0, 0.05) is 16.9 Å². The average molecular weight is 216 g/mol. The third-order valence-corrected chi connectivity index (χ3v) is 1.71. The molecule has 0 aromatic heterocycles. The van der Waals surface area contributed by atoms with Crippen LogP contribution >= 0.6 is 0 Å². The van der Waals surface area contributed by atoms with Crippen LogP contribution < -0.4 is 0 Å². The largest absolute Gasteiger partial charge is 0.249 e. The second-order valence-corrected chi connectivity index (χ2v) is 2.96. The Morgan fingerprint density at radius 3 is 2.07 bits per heavy atom. The van der Waals surface area contributed by atoms with Gasteiger partial charge in [-0.05, 0) is 13.8 Å². The van der Waals surface area contributed by atoms with Gasteiger partial charge in [-0.15, -0.1) is 0 Å². The molecule has 0 saturated carbocycles. The molecule has 0 heterocycles. The highest BCUT2D eigenvalue weighted by Gasteiger charge is 2.33. The maximum atomic E-state index is 8.66. The van der Waals surface area contributed by atoms with E-state index in [2.05, 4.69) is 14.7 Å². The van der Waals surface area contributed by atoms with Crippen molar-refractivity contribution in [2.24, 2.45) is 0 Å². The normalized spacial score (nSPS) is 24.2. The molecule has 0 aromatic rings. The van der Waals surface area contributed by atoms with E-state index in [1.165, 1.54) is 6.92 Å². The minimum absolute atomic E-state index is 0.189. The SMILES string of the molecule is [3H]CC([3H])([3H])C(C)(OO)OOC(C)(CC)OO. The molecule has 0 saturated heterocycles. The molecule has 0 amide bonds. The van der Waals surface area contributed by atoms with Gasteiger partial charge in [0.15, 0.2) is 0 Å². The first-order valence-corrected chi connectivity index (χ1v) is 4.01. The van der Waals surface area contributed by atoms with Gasteiger partial charge in [0.05, 0.1) is 0 Å². The lowest BCUT2D eigenvalue weighted by atomic mass is 10.2. The number of hydrogen-bond acceptors (Lipinski definition) is 6. The van der Waals surface area contributed by atoms with Gasteiger partial charge in [-0.2, -0.15) is 9.78 Å². The predicted octanol–water partition coefficient (Wildman–Crippen LogP) is 2.17. The standard InChI is InChI=1S/C8H18O6/c1-5-7(3,11-9)13-14-8(4,6-2)12-10/h9-10H,5-6H2,1-4H3/i1T,5T2. The maximum absolute atomic E-state index is 8.66. The highest BCUT2D eigenvalue weighted by Crippen LogP contribution is 2.22. The molecule has 2 unspecified atom stereocenters. The molecule has 0 aliphatic heterocycles. The van der Waals surface area contributed by atoms with Crippen molar-refractivity contribution in [2.45, 2.75) is 52.0 Å². The summed E-state index contributed by atoms with van der Waals surface area (Å²) in [5, 5.41) is 17.2. The van der Waals surface area contributed by atoms with Crippen LogP contribution in [0.4, 0.5) is 0 Å². The molecule has 0 aliphatic carbocycles. The summed E-state index contributed by atoms with van der Waals surface area (Å²) in [5.41, 5.74) is 0. The molecule has 6 nitrogen and oxygen atoms in total. The minimum Gasteiger partial charge on any atom is -0.249 e. The first kappa shape index (κ1) is 9.02. The minimum atomic E-state index is -2.33. The lowest BCUT2D eigenvalue weighted by molar-refractivity contribution is -0.566. The summed E-state index contributed by atoms with van der Waals surface area (Å²) in [6.07, 6.45) is -2.14. The number of hydrogen-bond donors (Lipinski definition) is 2. The van der Waals surface area contributed by atoms with Crippen LogP contribution in [0.5, 0.6) is 0 Å². The van der Waals surface area contributed by atoms with Crippen LogP contribution in [0, 0.1) is 0 Å². The highest BCUT2D eigenvalue weighted by molar-refractivity contribution is 4.57. The molecule has 0 aromatic carbocycles. The van der Waals surface area contributed by atoms with Gasteiger partial charge in [0.1, 0.15) is 0 Å². The van der Waals surface area contributed by atoms with Gasteiger partial charge in [0.2, 0.25) is 11.6 Å². The Morgan fingerprint density at radius 1 is 1.21 bits per heavy atom. The summed E-state index contributed by atoms with van der Waals surface area (Å²) in [6.45, 7) is 3.28. The molecule has 0 rings (SSSR count). The summed E-state index contributed by atoms with van der Waals surface area (Å²) in [4.78, 5) is 17.2. The van der Waals surface area contributed by atoms with Crippen LogP contribution in [-0.2, 0) is 19.6 Å². The van der Waals surface area contributed by atoms with E-state index in [9.17, 15) is 0 Å². The zero-order chi connectivity index (χ0) is 13.7. The number of rotatable bonds is 7. The first-order valence-electron chi connectivity index (χ1n) is 5.72. The van der Waals surface area contributed by atoms with E-state index < -0.39 is 24.8 Å². The van der Waals surface area contributed by atoms with Gasteiger partial charge in [-0.25, -0.2) is 20.3 Å². The molecule has 0 spiro atoms. The van der Waals surface area contributed by atoms with E-state index in [4.69, 9.17) is 19.5 Å². The molecule has 14 heavy (non-hydrogen) atoms. The molecular weight excluding hydrogens is 192 g/mol. The van der Waals surface area contributed by atoms with Crippen LogP contribution in [0.25, 0.3) is 0 Å². The Bertz CT molecular complexity index is 235. The van der Waals surface area contributed by atoms with Crippen LogP contribution in [0.1, 0.15) is 44.6 Å². The Morgan fingerprint density at radius 2 is 1.71 bits per heavy atom. The Balaban J connectivity index is 4.72. The topological polar surface area (TPSA) is 77.4 Å². The lowest BCUT2D eigenvalue weighted by Crippen LogP contribution is -2.38. The van der Waals surface area contributed by atoms with Crippen molar-refractivity contribution in [3.05, 3.63) is 0 Å². The third kappa shape index (κ3) is 3.87. The van der Waals surface area contributed by atoms with Crippen molar-refractivity contribution in [3.63, 3.8) is 0 Å². The molecule has 2 atom stereocenters. The molecular formula is C8H18O6. The van der Waals surface area contributed by atoms with Crippen LogP contribution in [-0.4, -0.2) is 22.1 Å². The van der Waals surface area contributed by atoms with Crippen LogP contribution in [0.3, 0.4) is 0 Å². The Kier molecular flexibility index (Phi) is 3.60. The molecule has 2 N–H and O–H groups in total. The van der Waals surface area contributed by atoms with Gasteiger partial charge in [-0.3, -0.25) is 0 Å². The van der Waals surface area contributed by atoms with Crippen molar-refractivity contribution >= 4 is 0 Å². The maximum Gasteiger partial charge on any atom is 0.230 e. The van der Waals surface area contributed by atoms with E-state index in [1.54, 1.807) is 6.92 Å². The second kappa shape index (κ2) is 5.59. The van der Waals surface area contributed by atoms with E-state index in [0.717, 1.165) is 6.92 Å². The smallest absolute Gasteiger partial charge is 0.230 e. The van der Waals surface area contributed by atoms with Gasteiger partial charge >= 0.3 is 0 Å². The average Bonchev–Trinajstić information content (AvgIpc) is 2.35. The van der Waals surface area contributed by atoms with Gasteiger partial charge in [0.25, 0.3) is 0 Å². The molecule has 6 heteroatoms. The van der Waals surface area contributed by atoms with Crippen molar-refractivity contribution in [1.82, 2.24) is 0 Å². The van der Waals surface area contributed by atoms with Crippen LogP contribution in [0.2, 0.25) is 0 Å². The van der Waals surface area contributed by atoms with Gasteiger partial charge in [-0.1, -0.05) is 13.8 Å². The van der Waals surface area contributed by atoms with Crippen molar-refractivity contribution in [3.8, 4) is 0 Å². The molecule has 0 bridgehead atoms. The molecule has 0 radical (unpaired) electrons. The fourth-order valence-electron chi connectivity index (χ4n) is 0.383. The van der Waals surface area contributed by atoms with Crippen molar-refractivity contribution in [2.75, 3.05) is 0 Å². The first-order chi connectivity index (χ1) is 7.70. The predicted molar refractivity (Wildman–Crippen MR) is 47.0 cm³/mol. The zero-order valence-corrected chi connectivity index (χ0v) is 8.44. The van der Waals surface area contributed by atoms with Gasteiger partial charge < -0.3 is 0 Å². The summed E-state index contributed by atoms with van der Waals surface area (Å²) in [7, 11) is 0. The summed E-state index contributed by atoms with van der Waals surface area (Å²) >= 11 is 0. The molecule has 86 valence electrons. The van der Waals surface area contributed by atoms with E-state index in [-0.39, 0.29) is 6.42 Å². The quantitative estimate of drug-likeness (QED) is 0.386. The van der Waals surface area contributed by atoms with Crippen molar-refractivity contribution in [1.29, 1.82) is 0 Å². The fraction of sp³-hybridized carbons (Fsp3) is 1.00. The molecule has 0 fully saturated rings. The van der Waals surface area contributed by atoms with Crippen molar-refractivity contribution < 1.29 is 34.2 Å². The second-order valence-electron chi connectivity index (χ2n) is 2.96. The summed E-state index contributed by atoms with van der Waals surface area (Å²) < 4.78 is 21.9. The lowest BCUT2D eigenvalue weighted by Gasteiger charge is -2.29. The molecule has 0 aliphatic rings. The monoisotopic (exact) mass is 216 g/mol. The summed E-state index contributed by atoms with van der Waals surface area (Å²) in [5.74, 6) is -3.75. The zero-order valence-electron chi connectivity index (χ0n) is 11.4.